The van der Waals surface area contributed by atoms with E-state index in [0.29, 0.717) is 66.4 Å². The first kappa shape index (κ1) is 26.3. The van der Waals surface area contributed by atoms with Crippen molar-refractivity contribution in [1.29, 1.82) is 0 Å². The third-order valence-corrected chi connectivity index (χ3v) is 10.2. The number of fused-ring (bicyclic) bond motifs is 4. The fourth-order valence-corrected chi connectivity index (χ4v) is 7.68. The molecule has 1 aromatic carbocycles. The molecule has 5 aliphatic rings. The Morgan fingerprint density at radius 2 is 1.93 bits per heavy atom. The summed E-state index contributed by atoms with van der Waals surface area (Å²) in [5.74, 6) is 2.59. The van der Waals surface area contributed by atoms with Gasteiger partial charge in [0.2, 0.25) is 5.91 Å². The maximum Gasteiger partial charge on any atom is 0.274 e. The van der Waals surface area contributed by atoms with Gasteiger partial charge in [0.15, 0.2) is 5.69 Å². The number of ether oxygens (including phenoxy) is 2. The minimum atomic E-state index is -0.0254. The van der Waals surface area contributed by atoms with Crippen LogP contribution in [0.1, 0.15) is 60.3 Å². The van der Waals surface area contributed by atoms with E-state index in [4.69, 9.17) is 31.3 Å². The van der Waals surface area contributed by atoms with Crippen molar-refractivity contribution >= 4 is 23.4 Å². The number of benzene rings is 1. The Labute approximate surface area is 239 Å². The molecule has 2 amide bonds. The number of amides is 2. The van der Waals surface area contributed by atoms with E-state index in [2.05, 4.69) is 6.92 Å². The molecule has 40 heavy (non-hydrogen) atoms. The molecule has 7 rings (SSSR count). The Bertz CT molecular complexity index is 1310. The molecule has 9 nitrogen and oxygen atoms in total. The molecule has 2 aromatic rings. The third kappa shape index (κ3) is 4.60. The zero-order chi connectivity index (χ0) is 27.5. The largest absolute Gasteiger partial charge is 0.488 e. The second-order valence-corrected chi connectivity index (χ2v) is 12.5. The van der Waals surface area contributed by atoms with E-state index in [1.54, 1.807) is 0 Å². The van der Waals surface area contributed by atoms with Crippen LogP contribution in [0.25, 0.3) is 0 Å². The Morgan fingerprint density at radius 1 is 1.12 bits per heavy atom. The second kappa shape index (κ2) is 10.3. The van der Waals surface area contributed by atoms with E-state index in [0.717, 1.165) is 43.4 Å². The number of carbonyl (C=O) groups excluding carboxylic acids is 2. The zero-order valence-corrected chi connectivity index (χ0v) is 23.6. The van der Waals surface area contributed by atoms with Gasteiger partial charge in [-0.15, -0.1) is 0 Å². The lowest BCUT2D eigenvalue weighted by atomic mass is 10.0. The highest BCUT2D eigenvalue weighted by Crippen LogP contribution is 2.62. The van der Waals surface area contributed by atoms with Crippen molar-refractivity contribution in [2.24, 2.45) is 17.8 Å². The van der Waals surface area contributed by atoms with Crippen LogP contribution in [-0.2, 0) is 22.5 Å². The molecule has 3 aliphatic carbocycles. The van der Waals surface area contributed by atoms with Gasteiger partial charge >= 0.3 is 0 Å². The molecule has 6 atom stereocenters. The van der Waals surface area contributed by atoms with Gasteiger partial charge in [-0.05, 0) is 55.6 Å². The van der Waals surface area contributed by atoms with Gasteiger partial charge in [-0.25, -0.2) is 0 Å². The van der Waals surface area contributed by atoms with Crippen LogP contribution < -0.4 is 4.74 Å². The smallest absolute Gasteiger partial charge is 0.274 e. The SMILES string of the molecule is C[C@H]1C2c3c(C(=O)N4CCC(OCCO)CC4)nn(CC(=O)N4CCC(Oc5ccccc5Cl)C5CC54)c3C[C@H]21. The van der Waals surface area contributed by atoms with E-state index in [1.807, 2.05) is 38.7 Å². The lowest BCUT2D eigenvalue weighted by Crippen LogP contribution is -2.44. The standard InChI is InChI=1S/C30H37ClN4O5/c1-17-19-14-23-28(27(17)19)29(30(38)33-9-6-18(7-10-33)39-13-12-36)32-35(23)16-26(37)34-11-8-24(20-15-22(20)34)40-25-5-3-2-4-21(25)31/h2-5,17-20,22,24,27,36H,6-16H2,1H3/t17-,19+,20?,22?,24?,27?/m1/s1. The molecular formula is C30H37ClN4O5. The summed E-state index contributed by atoms with van der Waals surface area (Å²) >= 11 is 6.30. The highest BCUT2D eigenvalue weighted by atomic mass is 35.5. The fourth-order valence-electron chi connectivity index (χ4n) is 7.50. The monoisotopic (exact) mass is 568 g/mol. The summed E-state index contributed by atoms with van der Waals surface area (Å²) in [6, 6.07) is 7.74. The summed E-state index contributed by atoms with van der Waals surface area (Å²) in [6.07, 6.45) is 4.28. The molecular weight excluding hydrogens is 532 g/mol. The van der Waals surface area contributed by atoms with Gasteiger partial charge in [0.05, 0.1) is 24.3 Å². The molecule has 2 saturated heterocycles. The van der Waals surface area contributed by atoms with Crippen molar-refractivity contribution in [3.8, 4) is 5.75 Å². The Hall–Kier alpha value is -2.62. The number of aliphatic hydroxyl groups is 1. The molecule has 10 heteroatoms. The number of rotatable bonds is 8. The zero-order valence-electron chi connectivity index (χ0n) is 22.9. The molecule has 1 N–H and O–H groups in total. The number of nitrogens with zero attached hydrogens (tertiary/aromatic N) is 4. The predicted octanol–water partition coefficient (Wildman–Crippen LogP) is 3.12. The molecule has 0 radical (unpaired) electrons. The summed E-state index contributed by atoms with van der Waals surface area (Å²) in [5.41, 5.74) is 2.71. The Kier molecular flexibility index (Phi) is 6.79. The van der Waals surface area contributed by atoms with Gasteiger partial charge in [-0.2, -0.15) is 5.10 Å². The summed E-state index contributed by atoms with van der Waals surface area (Å²) in [5, 5.41) is 14.5. The quantitative estimate of drug-likeness (QED) is 0.525. The topological polar surface area (TPSA) is 97.1 Å². The van der Waals surface area contributed by atoms with Gasteiger partial charge in [-0.3, -0.25) is 14.3 Å². The number of piperidine rings is 2. The molecule has 4 fully saturated rings. The minimum Gasteiger partial charge on any atom is -0.488 e. The third-order valence-electron chi connectivity index (χ3n) is 9.86. The molecule has 3 heterocycles. The van der Waals surface area contributed by atoms with E-state index in [1.165, 1.54) is 0 Å². The molecule has 2 aliphatic heterocycles. The number of carbonyl (C=O) groups is 2. The minimum absolute atomic E-state index is 0.0118. The van der Waals surface area contributed by atoms with Crippen molar-refractivity contribution in [3.63, 3.8) is 0 Å². The van der Waals surface area contributed by atoms with Crippen LogP contribution in [0.15, 0.2) is 24.3 Å². The number of hydrogen-bond donors (Lipinski definition) is 1. The number of para-hydroxylation sites is 1. The van der Waals surface area contributed by atoms with E-state index < -0.39 is 0 Å². The molecule has 4 unspecified atom stereocenters. The molecule has 0 spiro atoms. The summed E-state index contributed by atoms with van der Waals surface area (Å²) < 4.78 is 13.7. The normalized spacial score (nSPS) is 30.5. The van der Waals surface area contributed by atoms with Gasteiger partial charge in [0, 0.05) is 49.3 Å². The first-order chi connectivity index (χ1) is 19.4. The number of hydrogen-bond acceptors (Lipinski definition) is 6. The lowest BCUT2D eigenvalue weighted by Gasteiger charge is -2.32. The van der Waals surface area contributed by atoms with E-state index >= 15 is 0 Å². The van der Waals surface area contributed by atoms with Gasteiger partial charge in [0.25, 0.3) is 5.91 Å². The average molecular weight is 569 g/mol. The molecule has 214 valence electrons. The van der Waals surface area contributed by atoms with Crippen LogP contribution >= 0.6 is 11.6 Å². The fraction of sp³-hybridized carbons (Fsp3) is 0.633. The molecule has 2 saturated carbocycles. The Morgan fingerprint density at radius 3 is 2.70 bits per heavy atom. The highest BCUT2D eigenvalue weighted by molar-refractivity contribution is 6.32. The van der Waals surface area contributed by atoms with Crippen molar-refractivity contribution in [2.45, 2.75) is 69.7 Å². The molecule has 0 bridgehead atoms. The van der Waals surface area contributed by atoms with Crippen molar-refractivity contribution in [3.05, 3.63) is 46.2 Å². The van der Waals surface area contributed by atoms with E-state index in [9.17, 15) is 9.59 Å². The summed E-state index contributed by atoms with van der Waals surface area (Å²) in [6.45, 7) is 4.67. The van der Waals surface area contributed by atoms with Crippen LogP contribution in [0, 0.1) is 17.8 Å². The van der Waals surface area contributed by atoms with Crippen LogP contribution in [0.4, 0.5) is 0 Å². The Balaban J connectivity index is 1.02. The van der Waals surface area contributed by atoms with Crippen LogP contribution in [0.3, 0.4) is 0 Å². The maximum atomic E-state index is 13.7. The average Bonchev–Trinajstić information content (AvgIpc) is 3.79. The van der Waals surface area contributed by atoms with Crippen LogP contribution in [0.2, 0.25) is 5.02 Å². The maximum absolute atomic E-state index is 13.7. The van der Waals surface area contributed by atoms with Gasteiger partial charge in [0.1, 0.15) is 18.4 Å². The first-order valence-corrected chi connectivity index (χ1v) is 15.1. The predicted molar refractivity (Wildman–Crippen MR) is 147 cm³/mol. The van der Waals surface area contributed by atoms with Crippen LogP contribution in [0.5, 0.6) is 5.75 Å². The number of halogens is 1. The summed E-state index contributed by atoms with van der Waals surface area (Å²) in [4.78, 5) is 31.1. The van der Waals surface area contributed by atoms with E-state index in [-0.39, 0.29) is 43.2 Å². The summed E-state index contributed by atoms with van der Waals surface area (Å²) in [7, 11) is 0. The second-order valence-electron chi connectivity index (χ2n) is 12.1. The van der Waals surface area contributed by atoms with Crippen molar-refractivity contribution < 1.29 is 24.2 Å². The number of aromatic nitrogens is 2. The lowest BCUT2D eigenvalue weighted by molar-refractivity contribution is -0.134. The number of likely N-dealkylation sites (tertiary alicyclic amines) is 2. The van der Waals surface area contributed by atoms with Crippen molar-refractivity contribution in [1.82, 2.24) is 19.6 Å². The van der Waals surface area contributed by atoms with Crippen molar-refractivity contribution in [2.75, 3.05) is 32.8 Å². The first-order valence-electron chi connectivity index (χ1n) is 14.8. The van der Waals surface area contributed by atoms with Gasteiger partial charge in [-0.1, -0.05) is 30.7 Å². The van der Waals surface area contributed by atoms with Gasteiger partial charge < -0.3 is 24.4 Å². The molecule has 1 aromatic heterocycles. The van der Waals surface area contributed by atoms with Crippen LogP contribution in [-0.4, -0.2) is 87.6 Å². The highest BCUT2D eigenvalue weighted by Gasteiger charge is 2.57. The number of aliphatic hydroxyl groups excluding tert-OH is 1.